The second-order valence-electron chi connectivity index (χ2n) is 6.41. The Kier molecular flexibility index (Phi) is 2.77. The summed E-state index contributed by atoms with van der Waals surface area (Å²) in [6.45, 7) is 2.16. The van der Waals surface area contributed by atoms with Crippen molar-refractivity contribution in [3.05, 3.63) is 90.5 Å². The SMILES string of the molecule is Cc1ccc2c3cc4ccccc4cc3n(-c3ccccc3)c2c1. The lowest BCUT2D eigenvalue weighted by atomic mass is 10.1. The predicted octanol–water partition coefficient (Wildman–Crippen LogP) is 6.25. The molecule has 0 unspecified atom stereocenters. The molecule has 114 valence electrons. The van der Waals surface area contributed by atoms with Crippen LogP contribution >= 0.6 is 0 Å². The van der Waals surface area contributed by atoms with Crippen LogP contribution in [0.5, 0.6) is 0 Å². The number of nitrogens with zero attached hydrogens (tertiary/aromatic N) is 1. The van der Waals surface area contributed by atoms with Gasteiger partial charge in [0.2, 0.25) is 0 Å². The van der Waals surface area contributed by atoms with Gasteiger partial charge in [0.15, 0.2) is 0 Å². The van der Waals surface area contributed by atoms with Crippen LogP contribution < -0.4 is 0 Å². The minimum atomic E-state index is 1.21. The van der Waals surface area contributed by atoms with Gasteiger partial charge in [0.05, 0.1) is 11.0 Å². The van der Waals surface area contributed by atoms with E-state index in [2.05, 4.69) is 96.4 Å². The molecule has 24 heavy (non-hydrogen) atoms. The number of benzene rings is 4. The van der Waals surface area contributed by atoms with Crippen molar-refractivity contribution in [1.82, 2.24) is 4.57 Å². The van der Waals surface area contributed by atoms with Gasteiger partial charge in [-0.05, 0) is 53.6 Å². The fraction of sp³-hybridized carbons (Fsp3) is 0.0435. The minimum absolute atomic E-state index is 1.21. The maximum Gasteiger partial charge on any atom is 0.0547 e. The first-order chi connectivity index (χ1) is 11.8. The van der Waals surface area contributed by atoms with E-state index in [0.29, 0.717) is 0 Å². The van der Waals surface area contributed by atoms with Crippen LogP contribution in [0.25, 0.3) is 38.3 Å². The largest absolute Gasteiger partial charge is 0.309 e. The van der Waals surface area contributed by atoms with Gasteiger partial charge in [0.1, 0.15) is 0 Å². The quantitative estimate of drug-likeness (QED) is 0.345. The Hall–Kier alpha value is -3.06. The minimum Gasteiger partial charge on any atom is -0.309 e. The zero-order chi connectivity index (χ0) is 16.1. The van der Waals surface area contributed by atoms with Gasteiger partial charge < -0.3 is 4.57 Å². The van der Waals surface area contributed by atoms with Crippen LogP contribution in [0.1, 0.15) is 5.56 Å². The highest BCUT2D eigenvalue weighted by atomic mass is 15.0. The number of aryl methyl sites for hydroxylation is 1. The lowest BCUT2D eigenvalue weighted by Crippen LogP contribution is -1.93. The van der Waals surface area contributed by atoms with Crippen molar-refractivity contribution in [2.45, 2.75) is 6.92 Å². The molecule has 0 spiro atoms. The van der Waals surface area contributed by atoms with E-state index in [1.165, 1.54) is 43.8 Å². The molecule has 0 radical (unpaired) electrons. The topological polar surface area (TPSA) is 4.93 Å². The summed E-state index contributed by atoms with van der Waals surface area (Å²) in [5, 5.41) is 5.19. The molecule has 1 heteroatoms. The number of para-hydroxylation sites is 1. The third-order valence-corrected chi connectivity index (χ3v) is 4.80. The number of rotatable bonds is 1. The summed E-state index contributed by atoms with van der Waals surface area (Å²) in [5.41, 5.74) is 5.03. The van der Waals surface area contributed by atoms with Crippen LogP contribution in [-0.2, 0) is 0 Å². The Morgan fingerprint density at radius 1 is 0.583 bits per heavy atom. The molecule has 0 aliphatic carbocycles. The Balaban J connectivity index is 2.03. The van der Waals surface area contributed by atoms with Crippen LogP contribution in [0.15, 0.2) is 84.9 Å². The summed E-state index contributed by atoms with van der Waals surface area (Å²) in [6, 6.07) is 30.6. The van der Waals surface area contributed by atoms with Crippen molar-refractivity contribution in [1.29, 1.82) is 0 Å². The molecule has 0 aliphatic rings. The molecule has 0 aliphatic heterocycles. The van der Waals surface area contributed by atoms with Crippen LogP contribution in [0.2, 0.25) is 0 Å². The molecular formula is C23H17N. The van der Waals surface area contributed by atoms with E-state index in [4.69, 9.17) is 0 Å². The molecule has 0 atom stereocenters. The molecule has 0 bridgehead atoms. The Morgan fingerprint density at radius 3 is 2.04 bits per heavy atom. The van der Waals surface area contributed by atoms with Crippen LogP contribution in [0, 0.1) is 6.92 Å². The van der Waals surface area contributed by atoms with E-state index in [9.17, 15) is 0 Å². The summed E-state index contributed by atoms with van der Waals surface area (Å²) in [6.07, 6.45) is 0. The maximum atomic E-state index is 2.38. The van der Waals surface area contributed by atoms with E-state index in [1.54, 1.807) is 0 Å². The molecule has 5 aromatic rings. The lowest BCUT2D eigenvalue weighted by Gasteiger charge is -2.08. The molecule has 0 amide bonds. The van der Waals surface area contributed by atoms with E-state index < -0.39 is 0 Å². The lowest BCUT2D eigenvalue weighted by molar-refractivity contribution is 1.18. The fourth-order valence-electron chi connectivity index (χ4n) is 3.67. The molecule has 1 nitrogen and oxygen atoms in total. The highest BCUT2D eigenvalue weighted by Gasteiger charge is 2.13. The van der Waals surface area contributed by atoms with Gasteiger partial charge in [0, 0.05) is 16.5 Å². The summed E-state index contributed by atoms with van der Waals surface area (Å²) in [4.78, 5) is 0. The van der Waals surface area contributed by atoms with Crippen molar-refractivity contribution in [2.24, 2.45) is 0 Å². The molecular weight excluding hydrogens is 290 g/mol. The number of aromatic nitrogens is 1. The smallest absolute Gasteiger partial charge is 0.0547 e. The fourth-order valence-corrected chi connectivity index (χ4v) is 3.67. The molecule has 0 N–H and O–H groups in total. The Bertz CT molecular complexity index is 1200. The first kappa shape index (κ1) is 13.4. The Labute approximate surface area is 140 Å². The summed E-state index contributed by atoms with van der Waals surface area (Å²) in [5.74, 6) is 0. The standard InChI is InChI=1S/C23H17N/c1-16-11-12-20-21-14-17-7-5-6-8-18(17)15-23(21)24(22(20)13-16)19-9-3-2-4-10-19/h2-15H,1H3. The van der Waals surface area contributed by atoms with E-state index >= 15 is 0 Å². The number of hydrogen-bond acceptors (Lipinski definition) is 0. The second-order valence-corrected chi connectivity index (χ2v) is 6.41. The molecule has 4 aromatic carbocycles. The predicted molar refractivity (Wildman–Crippen MR) is 103 cm³/mol. The van der Waals surface area contributed by atoms with E-state index in [-0.39, 0.29) is 0 Å². The number of fused-ring (bicyclic) bond motifs is 4. The highest BCUT2D eigenvalue weighted by molar-refractivity contribution is 6.13. The average Bonchev–Trinajstić information content (AvgIpc) is 2.93. The van der Waals surface area contributed by atoms with Crippen LogP contribution in [0.3, 0.4) is 0 Å². The zero-order valence-corrected chi connectivity index (χ0v) is 13.5. The molecule has 0 fully saturated rings. The first-order valence-corrected chi connectivity index (χ1v) is 8.30. The van der Waals surface area contributed by atoms with Gasteiger partial charge in [-0.15, -0.1) is 0 Å². The third-order valence-electron chi connectivity index (χ3n) is 4.80. The summed E-state index contributed by atoms with van der Waals surface area (Å²) < 4.78 is 2.38. The van der Waals surface area contributed by atoms with Crippen LogP contribution in [0.4, 0.5) is 0 Å². The van der Waals surface area contributed by atoms with Gasteiger partial charge in [-0.1, -0.05) is 54.6 Å². The third kappa shape index (κ3) is 1.88. The molecule has 5 rings (SSSR count). The first-order valence-electron chi connectivity index (χ1n) is 8.30. The Morgan fingerprint density at radius 2 is 1.25 bits per heavy atom. The van der Waals surface area contributed by atoms with Crippen molar-refractivity contribution in [3.63, 3.8) is 0 Å². The van der Waals surface area contributed by atoms with Gasteiger partial charge in [-0.2, -0.15) is 0 Å². The highest BCUT2D eigenvalue weighted by Crippen LogP contribution is 2.35. The second kappa shape index (κ2) is 4.97. The molecule has 0 saturated carbocycles. The van der Waals surface area contributed by atoms with Gasteiger partial charge in [-0.25, -0.2) is 0 Å². The summed E-state index contributed by atoms with van der Waals surface area (Å²) >= 11 is 0. The van der Waals surface area contributed by atoms with Gasteiger partial charge >= 0.3 is 0 Å². The summed E-state index contributed by atoms with van der Waals surface area (Å²) in [7, 11) is 0. The molecule has 1 aromatic heterocycles. The van der Waals surface area contributed by atoms with Crippen LogP contribution in [-0.4, -0.2) is 4.57 Å². The zero-order valence-electron chi connectivity index (χ0n) is 13.5. The van der Waals surface area contributed by atoms with Crippen molar-refractivity contribution < 1.29 is 0 Å². The van der Waals surface area contributed by atoms with Crippen molar-refractivity contribution in [3.8, 4) is 5.69 Å². The normalized spacial score (nSPS) is 11.5. The van der Waals surface area contributed by atoms with E-state index in [1.807, 2.05) is 0 Å². The monoisotopic (exact) mass is 307 g/mol. The van der Waals surface area contributed by atoms with E-state index in [0.717, 1.165) is 0 Å². The van der Waals surface area contributed by atoms with Gasteiger partial charge in [0.25, 0.3) is 0 Å². The van der Waals surface area contributed by atoms with Crippen molar-refractivity contribution >= 4 is 32.6 Å². The van der Waals surface area contributed by atoms with Gasteiger partial charge in [-0.3, -0.25) is 0 Å². The van der Waals surface area contributed by atoms with Crippen molar-refractivity contribution in [2.75, 3.05) is 0 Å². The maximum absolute atomic E-state index is 2.38. The average molecular weight is 307 g/mol. The number of hydrogen-bond donors (Lipinski definition) is 0. The molecule has 0 saturated heterocycles. The molecule has 1 heterocycles.